The van der Waals surface area contributed by atoms with Crippen molar-refractivity contribution in [3.8, 4) is 0 Å². The first-order chi connectivity index (χ1) is 13.6. The number of carbonyl (C=O) groups excluding carboxylic acids is 3. The van der Waals surface area contributed by atoms with Crippen molar-refractivity contribution in [2.45, 2.75) is 32.2 Å². The molecule has 0 aromatic heterocycles. The third kappa shape index (κ3) is 3.33. The molecule has 3 amide bonds. The number of amides is 3. The summed E-state index contributed by atoms with van der Waals surface area (Å²) in [6.07, 6.45) is 2.23. The molecule has 144 valence electrons. The van der Waals surface area contributed by atoms with Crippen LogP contribution in [0.4, 0.5) is 0 Å². The van der Waals surface area contributed by atoms with E-state index in [4.69, 9.17) is 0 Å². The van der Waals surface area contributed by atoms with Gasteiger partial charge in [-0.2, -0.15) is 0 Å². The number of rotatable bonds is 4. The fourth-order valence-electron chi connectivity index (χ4n) is 4.06. The van der Waals surface area contributed by atoms with Crippen LogP contribution in [0, 0.1) is 5.92 Å². The van der Waals surface area contributed by atoms with E-state index in [9.17, 15) is 14.4 Å². The lowest BCUT2D eigenvalue weighted by Gasteiger charge is -2.35. The van der Waals surface area contributed by atoms with Crippen LogP contribution in [0.3, 0.4) is 0 Å². The summed E-state index contributed by atoms with van der Waals surface area (Å²) >= 11 is 0. The van der Waals surface area contributed by atoms with Crippen LogP contribution in [-0.2, 0) is 11.2 Å². The van der Waals surface area contributed by atoms with Crippen molar-refractivity contribution in [1.29, 1.82) is 0 Å². The molecule has 2 aliphatic heterocycles. The molecule has 0 spiro atoms. The average molecular weight is 376 g/mol. The van der Waals surface area contributed by atoms with Gasteiger partial charge in [0.2, 0.25) is 5.91 Å². The molecule has 1 saturated heterocycles. The largest absolute Gasteiger partial charge is 0.341 e. The molecule has 0 bridgehead atoms. The van der Waals surface area contributed by atoms with Crippen molar-refractivity contribution in [1.82, 2.24) is 9.80 Å². The summed E-state index contributed by atoms with van der Waals surface area (Å²) < 4.78 is 0. The van der Waals surface area contributed by atoms with Crippen LogP contribution in [-0.4, -0.2) is 46.7 Å². The lowest BCUT2D eigenvalue weighted by Crippen LogP contribution is -2.53. The summed E-state index contributed by atoms with van der Waals surface area (Å²) in [5.74, 6) is -0.290. The van der Waals surface area contributed by atoms with E-state index < -0.39 is 6.04 Å². The van der Waals surface area contributed by atoms with Gasteiger partial charge in [-0.05, 0) is 36.5 Å². The van der Waals surface area contributed by atoms with Crippen LogP contribution >= 0.6 is 0 Å². The number of imide groups is 1. The SMILES string of the molecule is CC1CCN(C(=O)[C@@H](Cc2ccccc2)N2C(=O)c3ccccc3C2=O)CC1. The summed E-state index contributed by atoms with van der Waals surface area (Å²) in [4.78, 5) is 42.4. The first kappa shape index (κ1) is 18.4. The molecule has 2 aromatic rings. The van der Waals surface area contributed by atoms with E-state index in [1.54, 1.807) is 24.3 Å². The number of fused-ring (bicyclic) bond motifs is 1. The first-order valence-corrected chi connectivity index (χ1v) is 9.86. The third-order valence-electron chi connectivity index (χ3n) is 5.79. The molecule has 0 aliphatic carbocycles. The zero-order chi connectivity index (χ0) is 19.7. The van der Waals surface area contributed by atoms with Gasteiger partial charge in [0.25, 0.3) is 11.8 Å². The molecule has 1 atom stereocenters. The van der Waals surface area contributed by atoms with Crippen LogP contribution in [0.1, 0.15) is 46.0 Å². The Morgan fingerprint density at radius 2 is 1.46 bits per heavy atom. The lowest BCUT2D eigenvalue weighted by atomic mass is 9.97. The molecule has 0 radical (unpaired) electrons. The van der Waals surface area contributed by atoms with Crippen molar-refractivity contribution in [2.24, 2.45) is 5.92 Å². The van der Waals surface area contributed by atoms with E-state index in [2.05, 4.69) is 6.92 Å². The van der Waals surface area contributed by atoms with Crippen molar-refractivity contribution in [3.05, 3.63) is 71.3 Å². The molecule has 5 nitrogen and oxygen atoms in total. The highest BCUT2D eigenvalue weighted by Gasteiger charge is 2.44. The van der Waals surface area contributed by atoms with Crippen LogP contribution in [0.25, 0.3) is 0 Å². The summed E-state index contributed by atoms with van der Waals surface area (Å²) in [6.45, 7) is 3.54. The second kappa shape index (κ2) is 7.58. The average Bonchev–Trinajstić information content (AvgIpc) is 2.98. The molecule has 2 heterocycles. The maximum Gasteiger partial charge on any atom is 0.262 e. The number of piperidine rings is 1. The van der Waals surface area contributed by atoms with Crippen molar-refractivity contribution in [2.75, 3.05) is 13.1 Å². The fourth-order valence-corrected chi connectivity index (χ4v) is 4.06. The zero-order valence-corrected chi connectivity index (χ0v) is 16.0. The number of benzene rings is 2. The van der Waals surface area contributed by atoms with Gasteiger partial charge in [0.15, 0.2) is 0 Å². The molecule has 4 rings (SSSR count). The summed E-state index contributed by atoms with van der Waals surface area (Å²) in [5.41, 5.74) is 1.69. The number of hydrogen-bond donors (Lipinski definition) is 0. The molecule has 1 fully saturated rings. The van der Waals surface area contributed by atoms with E-state index in [-0.39, 0.29) is 17.7 Å². The minimum atomic E-state index is -0.816. The van der Waals surface area contributed by atoms with E-state index >= 15 is 0 Å². The van der Waals surface area contributed by atoms with Gasteiger partial charge in [-0.1, -0.05) is 49.4 Å². The monoisotopic (exact) mass is 376 g/mol. The van der Waals surface area contributed by atoms with E-state index in [0.29, 0.717) is 36.6 Å². The molecule has 2 aliphatic rings. The van der Waals surface area contributed by atoms with E-state index in [1.807, 2.05) is 35.2 Å². The number of likely N-dealkylation sites (tertiary alicyclic amines) is 1. The maximum atomic E-state index is 13.4. The van der Waals surface area contributed by atoms with Gasteiger partial charge in [0.1, 0.15) is 6.04 Å². The Balaban J connectivity index is 1.66. The highest BCUT2D eigenvalue weighted by atomic mass is 16.2. The Morgan fingerprint density at radius 1 is 0.929 bits per heavy atom. The normalized spacial score (nSPS) is 18.3. The molecular formula is C23H24N2O3. The molecule has 5 heteroatoms. The summed E-state index contributed by atoms with van der Waals surface area (Å²) in [7, 11) is 0. The predicted octanol–water partition coefficient (Wildman–Crippen LogP) is 3.15. The Hall–Kier alpha value is -2.95. The predicted molar refractivity (Wildman–Crippen MR) is 106 cm³/mol. The summed E-state index contributed by atoms with van der Waals surface area (Å²) in [6, 6.07) is 15.6. The fraction of sp³-hybridized carbons (Fsp3) is 0.348. The Kier molecular flexibility index (Phi) is 4.99. The van der Waals surface area contributed by atoms with Crippen LogP contribution in [0.15, 0.2) is 54.6 Å². The number of nitrogens with zero attached hydrogens (tertiary/aromatic N) is 2. The highest BCUT2D eigenvalue weighted by molar-refractivity contribution is 6.22. The third-order valence-corrected chi connectivity index (χ3v) is 5.79. The topological polar surface area (TPSA) is 57.7 Å². The zero-order valence-electron chi connectivity index (χ0n) is 16.0. The molecule has 28 heavy (non-hydrogen) atoms. The standard InChI is InChI=1S/C23H24N2O3/c1-16-11-13-24(14-12-16)23(28)20(15-17-7-3-2-4-8-17)25-21(26)18-9-5-6-10-19(18)22(25)27/h2-10,16,20H,11-15H2,1H3/t20-/m1/s1. The minimum absolute atomic E-state index is 0.134. The van der Waals surface area contributed by atoms with Crippen LogP contribution < -0.4 is 0 Å². The van der Waals surface area contributed by atoms with E-state index in [1.165, 1.54) is 4.90 Å². The molecule has 0 unspecified atom stereocenters. The van der Waals surface area contributed by atoms with Gasteiger partial charge in [0, 0.05) is 19.5 Å². The molecular weight excluding hydrogens is 352 g/mol. The molecule has 0 N–H and O–H groups in total. The minimum Gasteiger partial charge on any atom is -0.341 e. The van der Waals surface area contributed by atoms with Gasteiger partial charge < -0.3 is 4.90 Å². The van der Waals surface area contributed by atoms with Gasteiger partial charge in [-0.25, -0.2) is 0 Å². The van der Waals surface area contributed by atoms with Crippen molar-refractivity contribution < 1.29 is 14.4 Å². The quantitative estimate of drug-likeness (QED) is 0.770. The first-order valence-electron chi connectivity index (χ1n) is 9.86. The number of hydrogen-bond acceptors (Lipinski definition) is 3. The number of carbonyl (C=O) groups is 3. The molecule has 0 saturated carbocycles. The van der Waals surface area contributed by atoms with Crippen molar-refractivity contribution in [3.63, 3.8) is 0 Å². The lowest BCUT2D eigenvalue weighted by molar-refractivity contribution is -0.136. The van der Waals surface area contributed by atoms with Gasteiger partial charge in [-0.15, -0.1) is 0 Å². The van der Waals surface area contributed by atoms with Crippen molar-refractivity contribution >= 4 is 17.7 Å². The maximum absolute atomic E-state index is 13.4. The second-order valence-electron chi connectivity index (χ2n) is 7.74. The Bertz CT molecular complexity index is 866. The summed E-state index contributed by atoms with van der Waals surface area (Å²) in [5, 5.41) is 0. The van der Waals surface area contributed by atoms with Gasteiger partial charge >= 0.3 is 0 Å². The van der Waals surface area contributed by atoms with Crippen LogP contribution in [0.2, 0.25) is 0 Å². The van der Waals surface area contributed by atoms with Gasteiger partial charge in [-0.3, -0.25) is 19.3 Å². The molecule has 2 aromatic carbocycles. The Morgan fingerprint density at radius 3 is 2.04 bits per heavy atom. The Labute approximate surface area is 164 Å². The smallest absolute Gasteiger partial charge is 0.262 e. The highest BCUT2D eigenvalue weighted by Crippen LogP contribution is 2.28. The second-order valence-corrected chi connectivity index (χ2v) is 7.74. The van der Waals surface area contributed by atoms with Crippen LogP contribution in [0.5, 0.6) is 0 Å². The van der Waals surface area contributed by atoms with E-state index in [0.717, 1.165) is 18.4 Å². The van der Waals surface area contributed by atoms with Gasteiger partial charge in [0.05, 0.1) is 11.1 Å².